The van der Waals surface area contributed by atoms with Gasteiger partial charge < -0.3 is 9.88 Å². The number of benzene rings is 2. The van der Waals surface area contributed by atoms with E-state index in [9.17, 15) is 9.59 Å². The predicted molar refractivity (Wildman–Crippen MR) is 116 cm³/mol. The molecule has 4 rings (SSSR count). The summed E-state index contributed by atoms with van der Waals surface area (Å²) in [6.07, 6.45) is 5.40. The number of carbonyl (C=O) groups excluding carboxylic acids is 2. The van der Waals surface area contributed by atoms with Crippen LogP contribution in [0.2, 0.25) is 0 Å². The molecule has 10 nitrogen and oxygen atoms in total. The minimum atomic E-state index is -0.517. The first-order valence-electron chi connectivity index (χ1n) is 10.1. The Morgan fingerprint density at radius 1 is 1.12 bits per heavy atom. The summed E-state index contributed by atoms with van der Waals surface area (Å²) in [6, 6.07) is 13.8. The molecule has 0 aliphatic heterocycles. The Morgan fingerprint density at radius 2 is 1.94 bits per heavy atom. The zero-order valence-electron chi connectivity index (χ0n) is 17.5. The van der Waals surface area contributed by atoms with Gasteiger partial charge in [-0.05, 0) is 22.8 Å². The van der Waals surface area contributed by atoms with Gasteiger partial charge >= 0.3 is 0 Å². The minimum absolute atomic E-state index is 0.0203. The molecule has 0 saturated carbocycles. The first-order chi connectivity index (χ1) is 15.5. The highest BCUT2D eigenvalue weighted by atomic mass is 16.5. The van der Waals surface area contributed by atoms with Crippen molar-refractivity contribution in [3.05, 3.63) is 78.1 Å². The lowest BCUT2D eigenvalue weighted by Gasteiger charge is -2.16. The molecule has 10 heteroatoms. The maximum atomic E-state index is 12.2. The lowest BCUT2D eigenvalue weighted by atomic mass is 10.00. The van der Waals surface area contributed by atoms with Crippen molar-refractivity contribution in [1.29, 1.82) is 0 Å². The first-order valence-corrected chi connectivity index (χ1v) is 10.1. The van der Waals surface area contributed by atoms with Gasteiger partial charge in [0.15, 0.2) is 0 Å². The number of hydroxylamine groups is 1. The fraction of sp³-hybridized carbons (Fsp3) is 0.227. The van der Waals surface area contributed by atoms with E-state index in [4.69, 9.17) is 5.21 Å². The van der Waals surface area contributed by atoms with Crippen molar-refractivity contribution in [1.82, 2.24) is 35.3 Å². The third-order valence-corrected chi connectivity index (χ3v) is 5.13. The van der Waals surface area contributed by atoms with Crippen molar-refractivity contribution in [2.24, 2.45) is 7.05 Å². The minimum Gasteiger partial charge on any atom is -0.345 e. The fourth-order valence-electron chi connectivity index (χ4n) is 3.52. The molecule has 0 fully saturated rings. The molecule has 0 radical (unpaired) electrons. The first kappa shape index (κ1) is 21.2. The number of aromatic nitrogens is 5. The molecule has 2 heterocycles. The third-order valence-electron chi connectivity index (χ3n) is 5.13. The lowest BCUT2D eigenvalue weighted by Crippen LogP contribution is -2.25. The van der Waals surface area contributed by atoms with E-state index in [0.29, 0.717) is 17.8 Å². The quantitative estimate of drug-likeness (QED) is 0.287. The number of fused-ring (bicyclic) bond motifs is 1. The van der Waals surface area contributed by atoms with Crippen molar-refractivity contribution in [3.8, 4) is 0 Å². The van der Waals surface area contributed by atoms with Gasteiger partial charge in [0, 0.05) is 13.2 Å². The van der Waals surface area contributed by atoms with Crippen LogP contribution in [-0.4, -0.2) is 41.6 Å². The molecule has 1 atom stereocenters. The van der Waals surface area contributed by atoms with Gasteiger partial charge in [-0.1, -0.05) is 47.7 Å². The summed E-state index contributed by atoms with van der Waals surface area (Å²) in [6.45, 7) is 0.171. The highest BCUT2D eigenvalue weighted by Gasteiger charge is 2.19. The average Bonchev–Trinajstić information content (AvgIpc) is 3.46. The van der Waals surface area contributed by atoms with E-state index < -0.39 is 5.91 Å². The van der Waals surface area contributed by atoms with Crippen molar-refractivity contribution >= 4 is 22.6 Å². The van der Waals surface area contributed by atoms with Crippen LogP contribution >= 0.6 is 0 Å². The number of nitrogens with one attached hydrogen (secondary N) is 2. The Kier molecular flexibility index (Phi) is 6.22. The second kappa shape index (κ2) is 9.40. The van der Waals surface area contributed by atoms with Gasteiger partial charge in [-0.2, -0.15) is 0 Å². The standard InChI is InChI=1S/C22H23N7O3/c1-28-13-20(24-14-28)22(31)23-11-18-12-29(27-25-18)19(10-21(30)26-32)9-15-6-7-16-4-2-3-5-17(16)8-15/h2-8,12-14,19,32H,9-11H2,1H3,(H,23,31)(H,26,30)/t19-/m1/s1. The SMILES string of the molecule is Cn1cnc(C(=O)NCc2cn([C@@H](CC(=O)NO)Cc3ccc4ccccc4c3)nn2)c1. The summed E-state index contributed by atoms with van der Waals surface area (Å²) < 4.78 is 3.28. The molecule has 164 valence electrons. The Balaban J connectivity index is 1.48. The Hall–Kier alpha value is -4.05. The van der Waals surface area contributed by atoms with Crippen molar-refractivity contribution < 1.29 is 14.8 Å². The Labute approximate surface area is 183 Å². The van der Waals surface area contributed by atoms with Crippen LogP contribution in [0, 0.1) is 0 Å². The van der Waals surface area contributed by atoms with Crippen molar-refractivity contribution in [3.63, 3.8) is 0 Å². The molecule has 3 N–H and O–H groups in total. The maximum absolute atomic E-state index is 12.2. The number of rotatable bonds is 8. The van der Waals surface area contributed by atoms with Crippen LogP contribution in [0.3, 0.4) is 0 Å². The number of hydrogen-bond donors (Lipinski definition) is 3. The molecule has 2 amide bonds. The van der Waals surface area contributed by atoms with Gasteiger partial charge in [-0.3, -0.25) is 14.8 Å². The number of hydrogen-bond acceptors (Lipinski definition) is 6. The van der Waals surface area contributed by atoms with Crippen LogP contribution in [0.1, 0.15) is 34.2 Å². The van der Waals surface area contributed by atoms with E-state index >= 15 is 0 Å². The fourth-order valence-corrected chi connectivity index (χ4v) is 3.52. The van der Waals surface area contributed by atoms with Gasteiger partial charge in [0.05, 0.1) is 31.5 Å². The third kappa shape index (κ3) is 4.98. The van der Waals surface area contributed by atoms with E-state index in [1.165, 1.54) is 0 Å². The highest BCUT2D eigenvalue weighted by Crippen LogP contribution is 2.22. The molecule has 0 bridgehead atoms. The summed E-state index contributed by atoms with van der Waals surface area (Å²) in [5.74, 6) is -0.830. The zero-order chi connectivity index (χ0) is 22.5. The van der Waals surface area contributed by atoms with Gasteiger partial charge in [0.25, 0.3) is 5.91 Å². The normalized spacial score (nSPS) is 11.9. The van der Waals surface area contributed by atoms with Gasteiger partial charge in [-0.15, -0.1) is 5.10 Å². The van der Waals surface area contributed by atoms with Crippen LogP contribution in [-0.2, 0) is 24.8 Å². The summed E-state index contributed by atoms with van der Waals surface area (Å²) in [5, 5.41) is 22.2. The monoisotopic (exact) mass is 433 g/mol. The number of aryl methyl sites for hydroxylation is 1. The maximum Gasteiger partial charge on any atom is 0.271 e. The molecule has 2 aromatic carbocycles. The zero-order valence-corrected chi connectivity index (χ0v) is 17.5. The molecule has 0 unspecified atom stereocenters. The van der Waals surface area contributed by atoms with E-state index in [1.807, 2.05) is 36.4 Å². The molecular formula is C22H23N7O3. The number of amides is 2. The molecule has 0 aliphatic carbocycles. The largest absolute Gasteiger partial charge is 0.345 e. The summed E-state index contributed by atoms with van der Waals surface area (Å²) in [4.78, 5) is 28.1. The van der Waals surface area contributed by atoms with Gasteiger partial charge in [0.1, 0.15) is 11.4 Å². The van der Waals surface area contributed by atoms with E-state index in [1.54, 1.807) is 40.5 Å². The molecule has 4 aromatic rings. The van der Waals surface area contributed by atoms with Crippen LogP contribution in [0.15, 0.2) is 61.2 Å². The highest BCUT2D eigenvalue weighted by molar-refractivity contribution is 5.91. The summed E-state index contributed by atoms with van der Waals surface area (Å²) >= 11 is 0. The van der Waals surface area contributed by atoms with Crippen molar-refractivity contribution in [2.45, 2.75) is 25.4 Å². The summed E-state index contributed by atoms with van der Waals surface area (Å²) in [5.41, 5.74) is 3.57. The van der Waals surface area contributed by atoms with Gasteiger partial charge in [0.2, 0.25) is 5.91 Å². The van der Waals surface area contributed by atoms with Crippen LogP contribution in [0.5, 0.6) is 0 Å². The predicted octanol–water partition coefficient (Wildman–Crippen LogP) is 1.77. The van der Waals surface area contributed by atoms with E-state index in [-0.39, 0.29) is 24.9 Å². The number of carbonyl (C=O) groups is 2. The molecule has 0 saturated heterocycles. The molecule has 32 heavy (non-hydrogen) atoms. The van der Waals surface area contributed by atoms with Crippen LogP contribution < -0.4 is 10.8 Å². The second-order valence-electron chi connectivity index (χ2n) is 7.58. The lowest BCUT2D eigenvalue weighted by molar-refractivity contribution is -0.130. The number of nitrogens with zero attached hydrogens (tertiary/aromatic N) is 5. The summed E-state index contributed by atoms with van der Waals surface area (Å²) in [7, 11) is 1.79. The topological polar surface area (TPSA) is 127 Å². The molecular weight excluding hydrogens is 410 g/mol. The van der Waals surface area contributed by atoms with Gasteiger partial charge in [-0.25, -0.2) is 15.1 Å². The smallest absolute Gasteiger partial charge is 0.271 e. The average molecular weight is 433 g/mol. The van der Waals surface area contributed by atoms with Crippen LogP contribution in [0.25, 0.3) is 10.8 Å². The van der Waals surface area contributed by atoms with E-state index in [2.05, 4.69) is 26.7 Å². The molecule has 0 spiro atoms. The molecule has 2 aromatic heterocycles. The molecule has 0 aliphatic rings. The second-order valence-corrected chi connectivity index (χ2v) is 7.58. The Bertz CT molecular complexity index is 1250. The van der Waals surface area contributed by atoms with Crippen molar-refractivity contribution in [2.75, 3.05) is 0 Å². The Morgan fingerprint density at radius 3 is 2.69 bits per heavy atom. The number of imidazole rings is 1. The van der Waals surface area contributed by atoms with E-state index in [0.717, 1.165) is 16.3 Å². The van der Waals surface area contributed by atoms with Crippen LogP contribution in [0.4, 0.5) is 0 Å².